The zero-order chi connectivity index (χ0) is 13.3. The zero-order valence-corrected chi connectivity index (χ0v) is 11.0. The van der Waals surface area contributed by atoms with Crippen molar-refractivity contribution in [1.82, 2.24) is 4.72 Å². The standard InChI is InChI=1S/C10H18N2O5S/c1-16-7(13)5-18(14,15)12-9-8(11)6-3-2-4-17-10(6)9/h6,8-10,12H,2-5,11H2,1H3. The molecule has 0 aromatic carbocycles. The van der Waals surface area contributed by atoms with Crippen molar-refractivity contribution in [2.75, 3.05) is 19.5 Å². The molecule has 18 heavy (non-hydrogen) atoms. The van der Waals surface area contributed by atoms with E-state index >= 15 is 0 Å². The van der Waals surface area contributed by atoms with Crippen molar-refractivity contribution in [3.05, 3.63) is 0 Å². The summed E-state index contributed by atoms with van der Waals surface area (Å²) in [6.07, 6.45) is 1.75. The summed E-state index contributed by atoms with van der Waals surface area (Å²) in [5.74, 6) is -1.27. The van der Waals surface area contributed by atoms with E-state index in [0.717, 1.165) is 20.0 Å². The number of nitrogens with two attached hydrogens (primary N) is 1. The Morgan fingerprint density at radius 1 is 1.56 bits per heavy atom. The summed E-state index contributed by atoms with van der Waals surface area (Å²) in [5, 5.41) is 0. The maximum atomic E-state index is 11.7. The number of hydrogen-bond acceptors (Lipinski definition) is 6. The first-order valence-corrected chi connectivity index (χ1v) is 7.54. The first kappa shape index (κ1) is 13.7. The fourth-order valence-corrected chi connectivity index (χ4v) is 3.77. The summed E-state index contributed by atoms with van der Waals surface area (Å²) in [6, 6.07) is -0.687. The summed E-state index contributed by atoms with van der Waals surface area (Å²) in [6.45, 7) is 0.628. The summed E-state index contributed by atoms with van der Waals surface area (Å²) < 4.78 is 35.7. The van der Waals surface area contributed by atoms with Crippen LogP contribution in [0.15, 0.2) is 0 Å². The SMILES string of the molecule is COC(=O)CS(=O)(=O)NC1C(N)C2CCCOC21. The van der Waals surface area contributed by atoms with Crippen molar-refractivity contribution in [1.29, 1.82) is 0 Å². The average molecular weight is 278 g/mol. The number of esters is 1. The van der Waals surface area contributed by atoms with Crippen LogP contribution in [0.3, 0.4) is 0 Å². The van der Waals surface area contributed by atoms with Crippen molar-refractivity contribution < 1.29 is 22.7 Å². The smallest absolute Gasteiger partial charge is 0.322 e. The molecule has 8 heteroatoms. The lowest BCUT2D eigenvalue weighted by atomic mass is 9.69. The molecule has 2 fully saturated rings. The van der Waals surface area contributed by atoms with Gasteiger partial charge in [0.25, 0.3) is 0 Å². The predicted octanol–water partition coefficient (Wildman–Crippen LogP) is -1.42. The van der Waals surface area contributed by atoms with E-state index in [-0.39, 0.29) is 18.1 Å². The number of carbonyl (C=O) groups excluding carboxylic acids is 1. The predicted molar refractivity (Wildman–Crippen MR) is 63.2 cm³/mol. The molecule has 0 radical (unpaired) electrons. The highest BCUT2D eigenvalue weighted by Crippen LogP contribution is 2.37. The van der Waals surface area contributed by atoms with Gasteiger partial charge >= 0.3 is 5.97 Å². The second kappa shape index (κ2) is 5.12. The maximum Gasteiger partial charge on any atom is 0.322 e. The average Bonchev–Trinajstić information content (AvgIpc) is 2.35. The lowest BCUT2D eigenvalue weighted by molar-refractivity contribution is -0.137. The molecule has 1 saturated carbocycles. The van der Waals surface area contributed by atoms with Gasteiger partial charge in [-0.1, -0.05) is 0 Å². The second-order valence-corrected chi connectivity index (χ2v) is 6.45. The van der Waals surface area contributed by atoms with Gasteiger partial charge in [-0.15, -0.1) is 0 Å². The van der Waals surface area contributed by atoms with Crippen LogP contribution < -0.4 is 10.5 Å². The van der Waals surface area contributed by atoms with Gasteiger partial charge in [0.15, 0.2) is 5.75 Å². The highest BCUT2D eigenvalue weighted by molar-refractivity contribution is 7.90. The molecule has 1 aliphatic carbocycles. The molecule has 1 aliphatic heterocycles. The lowest BCUT2D eigenvalue weighted by Crippen LogP contribution is -2.72. The van der Waals surface area contributed by atoms with Gasteiger partial charge in [-0.2, -0.15) is 0 Å². The number of carbonyl (C=O) groups is 1. The molecule has 7 nitrogen and oxygen atoms in total. The monoisotopic (exact) mass is 278 g/mol. The number of fused-ring (bicyclic) bond motifs is 1. The van der Waals surface area contributed by atoms with Crippen LogP contribution in [0.2, 0.25) is 0 Å². The number of methoxy groups -OCH3 is 1. The molecule has 0 amide bonds. The molecule has 3 N–H and O–H groups in total. The van der Waals surface area contributed by atoms with Crippen molar-refractivity contribution in [3.63, 3.8) is 0 Å². The van der Waals surface area contributed by atoms with Gasteiger partial charge in [-0.3, -0.25) is 4.79 Å². The number of rotatable bonds is 4. The molecule has 4 atom stereocenters. The van der Waals surface area contributed by atoms with Gasteiger partial charge in [0.2, 0.25) is 10.0 Å². The molecular weight excluding hydrogens is 260 g/mol. The lowest BCUT2D eigenvalue weighted by Gasteiger charge is -2.52. The fraction of sp³-hybridized carbons (Fsp3) is 0.900. The molecule has 0 spiro atoms. The molecule has 0 aromatic heterocycles. The van der Waals surface area contributed by atoms with Crippen LogP contribution in [0.5, 0.6) is 0 Å². The topological polar surface area (TPSA) is 108 Å². The Hall–Kier alpha value is -0.700. The number of ether oxygens (including phenoxy) is 2. The highest BCUT2D eigenvalue weighted by atomic mass is 32.2. The van der Waals surface area contributed by atoms with E-state index in [9.17, 15) is 13.2 Å². The van der Waals surface area contributed by atoms with E-state index in [2.05, 4.69) is 9.46 Å². The second-order valence-electron chi connectivity index (χ2n) is 4.70. The Labute approximate surface area is 106 Å². The molecule has 2 aliphatic rings. The van der Waals surface area contributed by atoms with Crippen LogP contribution in [-0.2, 0) is 24.3 Å². The number of nitrogens with one attached hydrogen (secondary N) is 1. The summed E-state index contributed by atoms with van der Waals surface area (Å²) in [4.78, 5) is 11.0. The van der Waals surface area contributed by atoms with Crippen molar-refractivity contribution >= 4 is 16.0 Å². The number of sulfonamides is 1. The van der Waals surface area contributed by atoms with Crippen LogP contribution in [-0.4, -0.2) is 52.0 Å². The first-order valence-electron chi connectivity index (χ1n) is 5.88. The molecule has 0 aromatic rings. The van der Waals surface area contributed by atoms with Crippen LogP contribution in [0.1, 0.15) is 12.8 Å². The van der Waals surface area contributed by atoms with E-state index in [4.69, 9.17) is 10.5 Å². The van der Waals surface area contributed by atoms with Gasteiger partial charge in [-0.25, -0.2) is 13.1 Å². The first-order chi connectivity index (χ1) is 8.44. The molecule has 0 bridgehead atoms. The van der Waals surface area contributed by atoms with E-state index in [1.807, 2.05) is 0 Å². The van der Waals surface area contributed by atoms with Gasteiger partial charge in [0.1, 0.15) is 0 Å². The fourth-order valence-electron chi connectivity index (χ4n) is 2.56. The van der Waals surface area contributed by atoms with Crippen LogP contribution in [0, 0.1) is 5.92 Å². The van der Waals surface area contributed by atoms with Gasteiger partial charge in [0, 0.05) is 18.6 Å². The zero-order valence-electron chi connectivity index (χ0n) is 10.2. The third-order valence-electron chi connectivity index (χ3n) is 3.53. The quantitative estimate of drug-likeness (QED) is 0.611. The Balaban J connectivity index is 1.95. The van der Waals surface area contributed by atoms with E-state index in [1.165, 1.54) is 0 Å². The summed E-state index contributed by atoms with van der Waals surface area (Å²) in [7, 11) is -2.57. The summed E-state index contributed by atoms with van der Waals surface area (Å²) in [5.41, 5.74) is 5.92. The van der Waals surface area contributed by atoms with E-state index < -0.39 is 27.8 Å². The van der Waals surface area contributed by atoms with Gasteiger partial charge in [-0.05, 0) is 12.8 Å². The normalized spacial score (nSPS) is 35.4. The Morgan fingerprint density at radius 2 is 2.28 bits per heavy atom. The molecule has 1 saturated heterocycles. The van der Waals surface area contributed by atoms with E-state index in [0.29, 0.717) is 6.61 Å². The Bertz CT molecular complexity index is 424. The molecule has 2 rings (SSSR count). The van der Waals surface area contributed by atoms with Gasteiger partial charge < -0.3 is 15.2 Å². The Morgan fingerprint density at radius 3 is 2.94 bits per heavy atom. The van der Waals surface area contributed by atoms with Crippen molar-refractivity contribution in [2.45, 2.75) is 31.0 Å². The molecule has 1 heterocycles. The minimum Gasteiger partial charge on any atom is -0.468 e. The minimum atomic E-state index is -3.72. The molecule has 4 unspecified atom stereocenters. The highest BCUT2D eigenvalue weighted by Gasteiger charge is 2.51. The van der Waals surface area contributed by atoms with Crippen molar-refractivity contribution in [2.24, 2.45) is 11.7 Å². The Kier molecular flexibility index (Phi) is 3.90. The van der Waals surface area contributed by atoms with E-state index in [1.54, 1.807) is 0 Å². The number of hydrogen-bond donors (Lipinski definition) is 2. The van der Waals surface area contributed by atoms with Crippen molar-refractivity contribution in [3.8, 4) is 0 Å². The third-order valence-corrected chi connectivity index (χ3v) is 4.78. The minimum absolute atomic E-state index is 0.166. The van der Waals surface area contributed by atoms with Crippen LogP contribution >= 0.6 is 0 Å². The van der Waals surface area contributed by atoms with Crippen LogP contribution in [0.25, 0.3) is 0 Å². The maximum absolute atomic E-state index is 11.7. The summed E-state index contributed by atoms with van der Waals surface area (Å²) >= 11 is 0. The molecule has 104 valence electrons. The largest absolute Gasteiger partial charge is 0.468 e. The molecular formula is C10H18N2O5S. The van der Waals surface area contributed by atoms with Gasteiger partial charge in [0.05, 0.1) is 19.3 Å². The van der Waals surface area contributed by atoms with Crippen LogP contribution in [0.4, 0.5) is 0 Å². The third kappa shape index (κ3) is 2.66.